The second kappa shape index (κ2) is 23.6. The maximum atomic E-state index is 10.8. The van der Waals surface area contributed by atoms with Crippen molar-refractivity contribution in [3.05, 3.63) is 0 Å². The second-order valence-corrected chi connectivity index (χ2v) is 8.40. The van der Waals surface area contributed by atoms with Gasteiger partial charge in [0.2, 0.25) is 0 Å². The summed E-state index contributed by atoms with van der Waals surface area (Å²) in [6, 6.07) is 0.0651. The van der Waals surface area contributed by atoms with Crippen LogP contribution in [0.1, 0.15) is 32.6 Å². The van der Waals surface area contributed by atoms with Crippen molar-refractivity contribution in [3.8, 4) is 0 Å². The van der Waals surface area contributed by atoms with Crippen molar-refractivity contribution in [1.82, 2.24) is 5.32 Å². The Morgan fingerprint density at radius 1 is 0.938 bits per heavy atom. The summed E-state index contributed by atoms with van der Waals surface area (Å²) >= 11 is 1.81. The lowest BCUT2D eigenvalue weighted by atomic mass is 10.2. The predicted molar refractivity (Wildman–Crippen MR) is 125 cm³/mol. The minimum absolute atomic E-state index is 0.0241. The van der Waals surface area contributed by atoms with Crippen LogP contribution < -0.4 is 22.7 Å². The van der Waals surface area contributed by atoms with E-state index in [-0.39, 0.29) is 25.1 Å². The molecule has 0 aliphatic rings. The summed E-state index contributed by atoms with van der Waals surface area (Å²) in [6.07, 6.45) is 2.33. The molecule has 0 heterocycles. The Hall–Kier alpha value is -0.540. The molecule has 8 N–H and O–H groups in total. The van der Waals surface area contributed by atoms with Crippen molar-refractivity contribution in [1.29, 1.82) is 0 Å². The zero-order chi connectivity index (χ0) is 23.9. The number of carbonyl (C=O) groups is 1. The molecule has 0 aromatic heterocycles. The highest BCUT2D eigenvalue weighted by molar-refractivity contribution is 7.99. The summed E-state index contributed by atoms with van der Waals surface area (Å²) in [7, 11) is 0. The molecule has 0 rings (SSSR count). The van der Waals surface area contributed by atoms with Crippen LogP contribution in [0.15, 0.2) is 0 Å². The third-order valence-corrected chi connectivity index (χ3v) is 5.52. The molecule has 0 radical (unpaired) electrons. The molecule has 0 saturated heterocycles. The van der Waals surface area contributed by atoms with Gasteiger partial charge in [-0.05, 0) is 31.9 Å². The molecular formula is C20H44N4O7S. The lowest BCUT2D eigenvalue weighted by Gasteiger charge is -2.15. The van der Waals surface area contributed by atoms with E-state index in [1.807, 2.05) is 18.7 Å². The van der Waals surface area contributed by atoms with Gasteiger partial charge in [-0.15, -0.1) is 0 Å². The fourth-order valence-electron chi connectivity index (χ4n) is 2.29. The number of thioether (sulfide) groups is 1. The summed E-state index contributed by atoms with van der Waals surface area (Å²) in [4.78, 5) is 14.8. The van der Waals surface area contributed by atoms with Gasteiger partial charge < -0.3 is 40.4 Å². The van der Waals surface area contributed by atoms with Crippen LogP contribution in [-0.2, 0) is 28.6 Å². The van der Waals surface area contributed by atoms with E-state index in [1.54, 1.807) is 0 Å². The number of aliphatic hydroxyl groups is 1. The molecule has 0 bridgehead atoms. The summed E-state index contributed by atoms with van der Waals surface area (Å²) in [5, 5.41) is 12.9. The van der Waals surface area contributed by atoms with Gasteiger partial charge in [0.25, 0.3) is 0 Å². The third-order valence-electron chi connectivity index (χ3n) is 4.33. The number of aliphatic hydroxyl groups excluding tert-OH is 1. The Morgan fingerprint density at radius 2 is 1.50 bits per heavy atom. The molecule has 12 heteroatoms. The third kappa shape index (κ3) is 22.6. The SMILES string of the molecule is CC(N)C(N)CSCCCCC(O)NCCOCCOCCOCCOCCC(=O)ON. The van der Waals surface area contributed by atoms with E-state index in [9.17, 15) is 9.90 Å². The number of carbonyl (C=O) groups excluding carboxylic acids is 1. The summed E-state index contributed by atoms with van der Waals surface area (Å²) in [6.45, 7) is 5.98. The van der Waals surface area contributed by atoms with Gasteiger partial charge in [-0.2, -0.15) is 17.7 Å². The first kappa shape index (κ1) is 31.5. The van der Waals surface area contributed by atoms with E-state index in [0.717, 1.165) is 24.3 Å². The summed E-state index contributed by atoms with van der Waals surface area (Å²) in [5.41, 5.74) is 11.6. The Balaban J connectivity index is 3.21. The van der Waals surface area contributed by atoms with Gasteiger partial charge in [-0.3, -0.25) is 10.1 Å². The topological polar surface area (TPSA) is 174 Å². The number of ether oxygens (including phenoxy) is 4. The molecule has 0 aliphatic heterocycles. The molecule has 0 spiro atoms. The number of unbranched alkanes of at least 4 members (excludes halogenated alkanes) is 1. The van der Waals surface area contributed by atoms with Crippen LogP contribution >= 0.6 is 11.8 Å². The highest BCUT2D eigenvalue weighted by Gasteiger charge is 2.07. The minimum atomic E-state index is -0.512. The van der Waals surface area contributed by atoms with Gasteiger partial charge >= 0.3 is 5.97 Å². The summed E-state index contributed by atoms with van der Waals surface area (Å²) in [5.74, 6) is 6.10. The van der Waals surface area contributed by atoms with Crippen LogP contribution in [0.2, 0.25) is 0 Å². The van der Waals surface area contributed by atoms with E-state index < -0.39 is 12.2 Å². The van der Waals surface area contributed by atoms with Crippen molar-refractivity contribution >= 4 is 17.7 Å². The van der Waals surface area contributed by atoms with Crippen LogP contribution in [0, 0.1) is 0 Å². The normalized spacial score (nSPS) is 14.3. The standard InChI is InChI=1S/C20H44N4O7S/c1-17(21)18(22)16-32-15-3-2-4-19(25)24-6-8-28-10-12-30-14-13-29-11-9-27-7-5-20(26)31-23/h17-19,24-25H,2-16,21-23H2,1H3. The zero-order valence-corrected chi connectivity index (χ0v) is 20.2. The average molecular weight is 485 g/mol. The number of nitrogens with two attached hydrogens (primary N) is 3. The van der Waals surface area contributed by atoms with Crippen LogP contribution in [0.4, 0.5) is 0 Å². The molecule has 11 nitrogen and oxygen atoms in total. The molecule has 0 saturated carbocycles. The van der Waals surface area contributed by atoms with Crippen LogP contribution in [-0.4, -0.2) is 100 Å². The van der Waals surface area contributed by atoms with Crippen LogP contribution in [0.3, 0.4) is 0 Å². The van der Waals surface area contributed by atoms with E-state index >= 15 is 0 Å². The average Bonchev–Trinajstić information content (AvgIpc) is 2.78. The molecule has 0 aromatic carbocycles. The van der Waals surface area contributed by atoms with E-state index in [4.69, 9.17) is 36.3 Å². The maximum absolute atomic E-state index is 10.8. The van der Waals surface area contributed by atoms with Crippen molar-refractivity contribution in [2.24, 2.45) is 17.4 Å². The lowest BCUT2D eigenvalue weighted by Crippen LogP contribution is -2.40. The number of hydrogen-bond donors (Lipinski definition) is 5. The maximum Gasteiger partial charge on any atom is 0.326 e. The second-order valence-electron chi connectivity index (χ2n) is 7.25. The highest BCUT2D eigenvalue weighted by atomic mass is 32.2. The Morgan fingerprint density at radius 3 is 2.06 bits per heavy atom. The number of nitrogens with one attached hydrogen (secondary N) is 1. The molecule has 3 unspecified atom stereocenters. The van der Waals surface area contributed by atoms with E-state index in [1.165, 1.54) is 0 Å². The lowest BCUT2D eigenvalue weighted by molar-refractivity contribution is -0.145. The van der Waals surface area contributed by atoms with Crippen molar-refractivity contribution in [2.45, 2.75) is 50.9 Å². The molecule has 3 atom stereocenters. The zero-order valence-electron chi connectivity index (χ0n) is 19.4. The van der Waals surface area contributed by atoms with Crippen LogP contribution in [0.5, 0.6) is 0 Å². The Labute approximate surface area is 196 Å². The van der Waals surface area contributed by atoms with Gasteiger partial charge in [0, 0.05) is 24.4 Å². The molecule has 192 valence electrons. The fourth-order valence-corrected chi connectivity index (χ4v) is 3.44. The largest absolute Gasteiger partial charge is 0.379 e. The fraction of sp³-hybridized carbons (Fsp3) is 0.950. The highest BCUT2D eigenvalue weighted by Crippen LogP contribution is 2.09. The van der Waals surface area contributed by atoms with E-state index in [2.05, 4.69) is 10.2 Å². The van der Waals surface area contributed by atoms with Gasteiger partial charge in [0.1, 0.15) is 6.23 Å². The van der Waals surface area contributed by atoms with Gasteiger partial charge in [0.15, 0.2) is 0 Å². The van der Waals surface area contributed by atoms with Crippen molar-refractivity contribution in [2.75, 3.05) is 70.9 Å². The number of rotatable bonds is 24. The molecule has 0 aliphatic carbocycles. The van der Waals surface area contributed by atoms with Crippen molar-refractivity contribution < 1.29 is 33.7 Å². The molecule has 0 amide bonds. The first-order valence-electron chi connectivity index (χ1n) is 11.2. The summed E-state index contributed by atoms with van der Waals surface area (Å²) < 4.78 is 21.4. The first-order chi connectivity index (χ1) is 15.5. The van der Waals surface area contributed by atoms with Gasteiger partial charge in [-0.1, -0.05) is 0 Å². The molecule has 0 fully saturated rings. The van der Waals surface area contributed by atoms with Crippen LogP contribution in [0.25, 0.3) is 0 Å². The minimum Gasteiger partial charge on any atom is -0.379 e. The molecule has 32 heavy (non-hydrogen) atoms. The monoisotopic (exact) mass is 484 g/mol. The predicted octanol–water partition coefficient (Wildman–Crippen LogP) is -0.654. The Bertz CT molecular complexity index is 425. The van der Waals surface area contributed by atoms with E-state index in [0.29, 0.717) is 59.2 Å². The smallest absolute Gasteiger partial charge is 0.326 e. The molecule has 0 aromatic rings. The molecular weight excluding hydrogens is 440 g/mol. The first-order valence-corrected chi connectivity index (χ1v) is 12.3. The van der Waals surface area contributed by atoms with Gasteiger partial charge in [0.05, 0.1) is 59.3 Å². The van der Waals surface area contributed by atoms with Crippen molar-refractivity contribution in [3.63, 3.8) is 0 Å². The quantitative estimate of drug-likeness (QED) is 0.0666. The van der Waals surface area contributed by atoms with Gasteiger partial charge in [-0.25, -0.2) is 0 Å². The Kier molecular flexibility index (Phi) is 23.2. The number of hydrogen-bond acceptors (Lipinski definition) is 12.